The van der Waals surface area contributed by atoms with E-state index in [4.69, 9.17) is 14.3 Å². The molecule has 0 saturated heterocycles. The van der Waals surface area contributed by atoms with E-state index in [-0.39, 0.29) is 18.8 Å². The maximum absolute atomic E-state index is 11.9. The molecule has 0 radical (unpaired) electrons. The second-order valence-electron chi connectivity index (χ2n) is 6.19. The van der Waals surface area contributed by atoms with Gasteiger partial charge in [0.25, 0.3) is 0 Å². The minimum absolute atomic E-state index is 0.0150. The number of methoxy groups -OCH3 is 2. The number of oxime groups is 1. The predicted molar refractivity (Wildman–Crippen MR) is 82.8 cm³/mol. The molecule has 9 heteroatoms. The number of hydrogen-bond acceptors (Lipinski definition) is 8. The van der Waals surface area contributed by atoms with Gasteiger partial charge in [0, 0.05) is 7.11 Å². The second kappa shape index (κ2) is 6.64. The van der Waals surface area contributed by atoms with Crippen molar-refractivity contribution in [3.05, 3.63) is 0 Å². The molecule has 0 aromatic heterocycles. The van der Waals surface area contributed by atoms with Gasteiger partial charge in [0.2, 0.25) is 0 Å². The van der Waals surface area contributed by atoms with Crippen LogP contribution in [0.25, 0.3) is 0 Å². The van der Waals surface area contributed by atoms with Crippen molar-refractivity contribution in [1.82, 2.24) is 0 Å². The van der Waals surface area contributed by atoms with Crippen molar-refractivity contribution in [3.8, 4) is 0 Å². The van der Waals surface area contributed by atoms with Gasteiger partial charge in [-0.1, -0.05) is 12.1 Å². The molecule has 1 aliphatic carbocycles. The van der Waals surface area contributed by atoms with Crippen molar-refractivity contribution >= 4 is 26.5 Å². The van der Waals surface area contributed by atoms with Crippen molar-refractivity contribution in [1.29, 1.82) is 0 Å². The number of fused-ring (bicyclic) bond motifs is 1. The third-order valence-corrected chi connectivity index (χ3v) is 5.25. The van der Waals surface area contributed by atoms with Crippen molar-refractivity contribution in [2.45, 2.75) is 43.7 Å². The molecule has 0 bridgehead atoms. The van der Waals surface area contributed by atoms with Crippen LogP contribution in [0.4, 0.5) is 0 Å². The zero-order chi connectivity index (χ0) is 17.4. The fraction of sp³-hybridized carbons (Fsp3) is 0.857. The number of aliphatic hydroxyl groups excluding tert-OH is 1. The van der Waals surface area contributed by atoms with E-state index in [0.717, 1.165) is 7.11 Å². The molecule has 1 aliphatic heterocycles. The highest BCUT2D eigenvalue weighted by molar-refractivity contribution is 9.18. The normalized spacial score (nSPS) is 36.7. The van der Waals surface area contributed by atoms with Crippen LogP contribution in [-0.2, 0) is 23.8 Å². The Morgan fingerprint density at radius 2 is 2.26 bits per heavy atom. The number of rotatable bonds is 6. The summed E-state index contributed by atoms with van der Waals surface area (Å²) in [6.45, 7) is 3.00. The Morgan fingerprint density at radius 1 is 1.61 bits per heavy atom. The highest BCUT2D eigenvalue weighted by Crippen LogP contribution is 2.52. The highest BCUT2D eigenvalue weighted by atomic mass is 79.9. The Labute approximate surface area is 142 Å². The largest absolute Gasteiger partial charge is 0.467 e. The van der Waals surface area contributed by atoms with E-state index in [1.807, 2.05) is 6.92 Å². The van der Waals surface area contributed by atoms with Gasteiger partial charge in [-0.15, -0.1) is 0 Å². The number of hydrogen-bond donors (Lipinski definition) is 2. The first-order chi connectivity index (χ1) is 10.7. The molecule has 23 heavy (non-hydrogen) atoms. The molecule has 2 aliphatic rings. The Balaban J connectivity index is 2.44. The predicted octanol–water partition coefficient (Wildman–Crippen LogP) is 0.394. The lowest BCUT2D eigenvalue weighted by Crippen LogP contribution is -2.63. The first kappa shape index (κ1) is 18.6. The van der Waals surface area contributed by atoms with E-state index in [9.17, 15) is 15.0 Å². The topological polar surface area (TPSA) is 107 Å². The van der Waals surface area contributed by atoms with Crippen LogP contribution in [0.1, 0.15) is 20.3 Å². The van der Waals surface area contributed by atoms with Crippen molar-refractivity contribution in [3.63, 3.8) is 0 Å². The number of aliphatic hydroxyl groups is 2. The van der Waals surface area contributed by atoms with Gasteiger partial charge in [-0.2, -0.15) is 0 Å². The number of ether oxygens (including phenoxy) is 3. The minimum atomic E-state index is -2.16. The Bertz CT molecular complexity index is 498. The van der Waals surface area contributed by atoms with E-state index in [1.165, 1.54) is 14.0 Å². The summed E-state index contributed by atoms with van der Waals surface area (Å²) in [7, 11) is 2.59. The summed E-state index contributed by atoms with van der Waals surface area (Å²) < 4.78 is 15.8. The van der Waals surface area contributed by atoms with Crippen molar-refractivity contribution < 1.29 is 34.1 Å². The molecule has 2 N–H and O–H groups in total. The Morgan fingerprint density at radius 3 is 2.83 bits per heavy atom. The van der Waals surface area contributed by atoms with Gasteiger partial charge in [0.1, 0.15) is 29.2 Å². The quantitative estimate of drug-likeness (QED) is 0.494. The number of esters is 1. The summed E-state index contributed by atoms with van der Waals surface area (Å²) in [6.07, 6.45) is -1.55. The van der Waals surface area contributed by atoms with Crippen molar-refractivity contribution in [2.24, 2.45) is 17.0 Å². The Hall–Kier alpha value is -0.740. The van der Waals surface area contributed by atoms with Crippen LogP contribution in [-0.4, -0.2) is 65.2 Å². The van der Waals surface area contributed by atoms with Gasteiger partial charge < -0.3 is 29.3 Å². The average Bonchev–Trinajstić information content (AvgIpc) is 3.04. The standard InChI is InChI=1S/C14H22BrNO7/c1-7-5-14(22-6-20-3,8-9(7)23-16-10(8)15)11(17)13(2,19)12(18)21-4/h7-9,11,17,19H,5-6H2,1-4H3/t7-,8+,9-,11+,13+,14+/m0/s1. The molecule has 6 atom stereocenters. The first-order valence-electron chi connectivity index (χ1n) is 7.23. The summed E-state index contributed by atoms with van der Waals surface area (Å²) in [6, 6.07) is 0. The van der Waals surface area contributed by atoms with E-state index >= 15 is 0 Å². The molecule has 1 heterocycles. The maximum atomic E-state index is 11.9. The fourth-order valence-corrected chi connectivity index (χ4v) is 4.23. The zero-order valence-corrected chi connectivity index (χ0v) is 15.1. The average molecular weight is 396 g/mol. The SMILES string of the molecule is COCO[C@]1([C@H](O)[C@@](C)(O)C(=O)OC)C[C@H](C)[C@@H]2ON=C(Br)[C@@H]21. The van der Waals surface area contributed by atoms with Gasteiger partial charge >= 0.3 is 5.97 Å². The van der Waals surface area contributed by atoms with E-state index in [1.54, 1.807) is 0 Å². The van der Waals surface area contributed by atoms with E-state index < -0.39 is 29.2 Å². The van der Waals surface area contributed by atoms with Gasteiger partial charge in [-0.3, -0.25) is 0 Å². The van der Waals surface area contributed by atoms with Crippen LogP contribution < -0.4 is 0 Å². The smallest absolute Gasteiger partial charge is 0.340 e. The van der Waals surface area contributed by atoms with Gasteiger partial charge in [0.05, 0.1) is 13.0 Å². The van der Waals surface area contributed by atoms with Gasteiger partial charge in [0.15, 0.2) is 5.60 Å². The lowest BCUT2D eigenvalue weighted by molar-refractivity contribution is -0.233. The van der Waals surface area contributed by atoms with Crippen LogP contribution in [0.5, 0.6) is 0 Å². The number of carbonyl (C=O) groups is 1. The molecular formula is C14H22BrNO7. The zero-order valence-electron chi connectivity index (χ0n) is 13.5. The summed E-state index contributed by atoms with van der Waals surface area (Å²) in [5, 5.41) is 25.3. The third-order valence-electron chi connectivity index (χ3n) is 4.61. The monoisotopic (exact) mass is 395 g/mol. The number of halogens is 1. The second-order valence-corrected chi connectivity index (χ2v) is 7.00. The maximum Gasteiger partial charge on any atom is 0.340 e. The molecule has 8 nitrogen and oxygen atoms in total. The van der Waals surface area contributed by atoms with Crippen LogP contribution in [0.3, 0.4) is 0 Å². The lowest BCUT2D eigenvalue weighted by atomic mass is 9.77. The van der Waals surface area contributed by atoms with Crippen LogP contribution >= 0.6 is 15.9 Å². The first-order valence-corrected chi connectivity index (χ1v) is 8.02. The molecule has 0 spiro atoms. The van der Waals surface area contributed by atoms with Crippen LogP contribution in [0, 0.1) is 11.8 Å². The molecule has 1 saturated carbocycles. The fourth-order valence-electron chi connectivity index (χ4n) is 3.49. The molecule has 2 rings (SSSR count). The third kappa shape index (κ3) is 2.89. The van der Waals surface area contributed by atoms with E-state index in [0.29, 0.717) is 11.0 Å². The number of carbonyl (C=O) groups excluding carboxylic acids is 1. The van der Waals surface area contributed by atoms with Gasteiger partial charge in [-0.25, -0.2) is 4.79 Å². The molecule has 0 aromatic rings. The summed E-state index contributed by atoms with van der Waals surface area (Å²) >= 11 is 3.32. The van der Waals surface area contributed by atoms with Crippen LogP contribution in [0.2, 0.25) is 0 Å². The summed E-state index contributed by atoms with van der Waals surface area (Å²) in [5.41, 5.74) is -3.47. The number of nitrogens with zero attached hydrogens (tertiary/aromatic N) is 1. The molecule has 1 fully saturated rings. The summed E-state index contributed by atoms with van der Waals surface area (Å²) in [4.78, 5) is 17.3. The van der Waals surface area contributed by atoms with E-state index in [2.05, 4.69) is 25.8 Å². The highest BCUT2D eigenvalue weighted by Gasteiger charge is 2.66. The molecule has 0 amide bonds. The molecule has 0 aromatic carbocycles. The Kier molecular flexibility index (Phi) is 5.37. The molecular weight excluding hydrogens is 374 g/mol. The summed E-state index contributed by atoms with van der Waals surface area (Å²) in [5.74, 6) is -1.44. The minimum Gasteiger partial charge on any atom is -0.467 e. The van der Waals surface area contributed by atoms with Crippen molar-refractivity contribution in [2.75, 3.05) is 21.0 Å². The lowest BCUT2D eigenvalue weighted by Gasteiger charge is -2.42. The molecule has 132 valence electrons. The van der Waals surface area contributed by atoms with Crippen LogP contribution in [0.15, 0.2) is 5.16 Å². The molecule has 0 unspecified atom stereocenters. The van der Waals surface area contributed by atoms with Gasteiger partial charge in [-0.05, 0) is 35.2 Å².